The Hall–Kier alpha value is -1.90. The van der Waals surface area contributed by atoms with E-state index in [1.807, 2.05) is 44.4 Å². The largest absolute Gasteiger partial charge is 0.341 e. The first kappa shape index (κ1) is 11.6. The van der Waals surface area contributed by atoms with Crippen LogP contribution in [0.3, 0.4) is 0 Å². The highest BCUT2D eigenvalue weighted by Gasteiger charge is 2.07. The first-order valence-electron chi connectivity index (χ1n) is 5.78. The van der Waals surface area contributed by atoms with Gasteiger partial charge in [0.2, 0.25) is 5.91 Å². The minimum Gasteiger partial charge on any atom is -0.341 e. The monoisotopic (exact) mass is 228 g/mol. The molecule has 0 atom stereocenters. The predicted molar refractivity (Wildman–Crippen MR) is 68.5 cm³/mol. The second-order valence-corrected chi connectivity index (χ2v) is 4.14. The van der Waals surface area contributed by atoms with Gasteiger partial charge in [-0.05, 0) is 17.7 Å². The highest BCUT2D eigenvalue weighted by molar-refractivity contribution is 5.79. The second kappa shape index (κ2) is 4.95. The van der Waals surface area contributed by atoms with Gasteiger partial charge in [0.1, 0.15) is 0 Å². The summed E-state index contributed by atoms with van der Waals surface area (Å²) in [6, 6.07) is 10.1. The molecule has 0 bridgehead atoms. The maximum atomic E-state index is 11.5. The van der Waals surface area contributed by atoms with Crippen LogP contribution in [0.1, 0.15) is 18.9 Å². The molecular formula is C14H16N2O. The van der Waals surface area contributed by atoms with Crippen molar-refractivity contribution in [3.63, 3.8) is 0 Å². The van der Waals surface area contributed by atoms with E-state index < -0.39 is 0 Å². The van der Waals surface area contributed by atoms with Gasteiger partial charge < -0.3 is 4.90 Å². The van der Waals surface area contributed by atoms with Crippen molar-refractivity contribution in [2.75, 3.05) is 7.05 Å². The van der Waals surface area contributed by atoms with Gasteiger partial charge in [-0.1, -0.05) is 25.1 Å². The fraction of sp³-hybridized carbons (Fsp3) is 0.286. The van der Waals surface area contributed by atoms with Crippen LogP contribution in [0.4, 0.5) is 0 Å². The topological polar surface area (TPSA) is 33.2 Å². The Labute approximate surface area is 101 Å². The van der Waals surface area contributed by atoms with E-state index >= 15 is 0 Å². The summed E-state index contributed by atoms with van der Waals surface area (Å²) in [5.41, 5.74) is 2.05. The fourth-order valence-corrected chi connectivity index (χ4v) is 1.84. The number of benzene rings is 1. The standard InChI is InChI=1S/C14H16N2O/c1-3-14(17)16(2)10-11-8-12-6-4-5-7-13(12)15-9-11/h4-9H,3,10H2,1-2H3. The molecule has 0 N–H and O–H groups in total. The average Bonchev–Trinajstić information content (AvgIpc) is 2.37. The van der Waals surface area contributed by atoms with E-state index in [0.717, 1.165) is 16.5 Å². The van der Waals surface area contributed by atoms with Gasteiger partial charge in [-0.2, -0.15) is 0 Å². The molecule has 0 aliphatic carbocycles. The van der Waals surface area contributed by atoms with E-state index in [1.165, 1.54) is 0 Å². The van der Waals surface area contributed by atoms with Crippen LogP contribution in [0.5, 0.6) is 0 Å². The summed E-state index contributed by atoms with van der Waals surface area (Å²) in [7, 11) is 1.82. The number of para-hydroxylation sites is 1. The normalized spacial score (nSPS) is 10.5. The zero-order chi connectivity index (χ0) is 12.3. The number of hydrogen-bond acceptors (Lipinski definition) is 2. The van der Waals surface area contributed by atoms with Crippen LogP contribution in [-0.2, 0) is 11.3 Å². The molecule has 3 nitrogen and oxygen atoms in total. The molecule has 3 heteroatoms. The molecule has 17 heavy (non-hydrogen) atoms. The molecule has 1 heterocycles. The Balaban J connectivity index is 2.22. The molecule has 0 aliphatic heterocycles. The summed E-state index contributed by atoms with van der Waals surface area (Å²) < 4.78 is 0. The number of hydrogen-bond donors (Lipinski definition) is 0. The van der Waals surface area contributed by atoms with E-state index in [4.69, 9.17) is 0 Å². The third-order valence-electron chi connectivity index (χ3n) is 2.80. The number of rotatable bonds is 3. The molecule has 88 valence electrons. The molecule has 1 aromatic carbocycles. The van der Waals surface area contributed by atoms with Gasteiger partial charge in [0.15, 0.2) is 0 Å². The Morgan fingerprint density at radius 3 is 2.88 bits per heavy atom. The molecule has 0 radical (unpaired) electrons. The summed E-state index contributed by atoms with van der Waals surface area (Å²) >= 11 is 0. The summed E-state index contributed by atoms with van der Waals surface area (Å²) in [5, 5.41) is 1.11. The maximum Gasteiger partial charge on any atom is 0.222 e. The van der Waals surface area contributed by atoms with Crippen molar-refractivity contribution in [3.8, 4) is 0 Å². The molecule has 0 spiro atoms. The van der Waals surface area contributed by atoms with E-state index in [9.17, 15) is 4.79 Å². The van der Waals surface area contributed by atoms with E-state index in [2.05, 4.69) is 11.1 Å². The highest BCUT2D eigenvalue weighted by Crippen LogP contribution is 2.13. The van der Waals surface area contributed by atoms with Crippen LogP contribution in [0, 0.1) is 0 Å². The van der Waals surface area contributed by atoms with Gasteiger partial charge in [-0.25, -0.2) is 0 Å². The Bertz CT molecular complexity index is 536. The quantitative estimate of drug-likeness (QED) is 0.809. The Kier molecular flexibility index (Phi) is 3.38. The minimum absolute atomic E-state index is 0.151. The first-order chi connectivity index (χ1) is 8.20. The van der Waals surface area contributed by atoms with Crippen LogP contribution >= 0.6 is 0 Å². The van der Waals surface area contributed by atoms with Crippen LogP contribution in [0.15, 0.2) is 36.5 Å². The zero-order valence-corrected chi connectivity index (χ0v) is 10.2. The van der Waals surface area contributed by atoms with Gasteiger partial charge in [-0.15, -0.1) is 0 Å². The fourth-order valence-electron chi connectivity index (χ4n) is 1.84. The van der Waals surface area contributed by atoms with Crippen molar-refractivity contribution in [3.05, 3.63) is 42.1 Å². The van der Waals surface area contributed by atoms with Crippen LogP contribution in [0.25, 0.3) is 10.9 Å². The van der Waals surface area contributed by atoms with Gasteiger partial charge >= 0.3 is 0 Å². The van der Waals surface area contributed by atoms with Crippen molar-refractivity contribution in [2.24, 2.45) is 0 Å². The lowest BCUT2D eigenvalue weighted by Crippen LogP contribution is -2.25. The SMILES string of the molecule is CCC(=O)N(C)Cc1cnc2ccccc2c1. The summed E-state index contributed by atoms with van der Waals surface area (Å²) in [4.78, 5) is 17.6. The van der Waals surface area contributed by atoms with Crippen molar-refractivity contribution in [1.82, 2.24) is 9.88 Å². The van der Waals surface area contributed by atoms with E-state index in [-0.39, 0.29) is 5.91 Å². The number of nitrogens with zero attached hydrogens (tertiary/aromatic N) is 2. The van der Waals surface area contributed by atoms with E-state index in [0.29, 0.717) is 13.0 Å². The van der Waals surface area contributed by atoms with Gasteiger partial charge in [-0.3, -0.25) is 9.78 Å². The minimum atomic E-state index is 0.151. The third kappa shape index (κ3) is 2.61. The zero-order valence-electron chi connectivity index (χ0n) is 10.2. The van der Waals surface area contributed by atoms with Crippen molar-refractivity contribution in [2.45, 2.75) is 19.9 Å². The van der Waals surface area contributed by atoms with Crippen molar-refractivity contribution >= 4 is 16.8 Å². The molecule has 2 rings (SSSR count). The predicted octanol–water partition coefficient (Wildman–Crippen LogP) is 2.60. The van der Waals surface area contributed by atoms with Crippen LogP contribution < -0.4 is 0 Å². The second-order valence-electron chi connectivity index (χ2n) is 4.14. The highest BCUT2D eigenvalue weighted by atomic mass is 16.2. The smallest absolute Gasteiger partial charge is 0.222 e. The average molecular weight is 228 g/mol. The number of pyridine rings is 1. The molecule has 0 unspecified atom stereocenters. The summed E-state index contributed by atoms with van der Waals surface area (Å²) in [6.07, 6.45) is 2.37. The number of aromatic nitrogens is 1. The molecular weight excluding hydrogens is 212 g/mol. The molecule has 1 aromatic heterocycles. The maximum absolute atomic E-state index is 11.5. The van der Waals surface area contributed by atoms with Crippen LogP contribution in [0.2, 0.25) is 0 Å². The molecule has 0 fully saturated rings. The molecule has 0 aliphatic rings. The van der Waals surface area contributed by atoms with Crippen LogP contribution in [-0.4, -0.2) is 22.8 Å². The number of amides is 1. The molecule has 1 amide bonds. The molecule has 2 aromatic rings. The molecule has 0 saturated heterocycles. The van der Waals surface area contributed by atoms with Gasteiger partial charge in [0.05, 0.1) is 5.52 Å². The Morgan fingerprint density at radius 1 is 1.35 bits per heavy atom. The number of fused-ring (bicyclic) bond motifs is 1. The first-order valence-corrected chi connectivity index (χ1v) is 5.78. The lowest BCUT2D eigenvalue weighted by Gasteiger charge is -2.16. The van der Waals surface area contributed by atoms with Crippen molar-refractivity contribution in [1.29, 1.82) is 0 Å². The lowest BCUT2D eigenvalue weighted by atomic mass is 10.1. The summed E-state index contributed by atoms with van der Waals surface area (Å²) in [5.74, 6) is 0.151. The van der Waals surface area contributed by atoms with Gasteiger partial charge in [0, 0.05) is 31.6 Å². The third-order valence-corrected chi connectivity index (χ3v) is 2.80. The lowest BCUT2D eigenvalue weighted by molar-refractivity contribution is -0.130. The van der Waals surface area contributed by atoms with Gasteiger partial charge in [0.25, 0.3) is 0 Å². The summed E-state index contributed by atoms with van der Waals surface area (Å²) in [6.45, 7) is 2.49. The number of carbonyl (C=O) groups excluding carboxylic acids is 1. The van der Waals surface area contributed by atoms with Crippen molar-refractivity contribution < 1.29 is 4.79 Å². The number of carbonyl (C=O) groups is 1. The molecule has 0 saturated carbocycles. The Morgan fingerprint density at radius 2 is 2.12 bits per heavy atom. The van der Waals surface area contributed by atoms with E-state index in [1.54, 1.807) is 4.90 Å².